The lowest BCUT2D eigenvalue weighted by Crippen LogP contribution is -2.60. The van der Waals surface area contributed by atoms with Crippen LogP contribution in [0.15, 0.2) is 24.5 Å². The number of nitrogens with zero attached hydrogens (tertiary/aromatic N) is 3. The first-order chi connectivity index (χ1) is 11.6. The fraction of sp³-hybridized carbons (Fsp3) is 0.684. The van der Waals surface area contributed by atoms with Crippen molar-refractivity contribution in [2.24, 2.45) is 11.8 Å². The van der Waals surface area contributed by atoms with Crippen molar-refractivity contribution >= 4 is 11.6 Å². The van der Waals surface area contributed by atoms with Crippen molar-refractivity contribution in [1.29, 1.82) is 0 Å². The number of aromatic nitrogens is 1. The molecule has 1 aromatic heterocycles. The third-order valence-electron chi connectivity index (χ3n) is 6.34. The van der Waals surface area contributed by atoms with E-state index in [1.807, 2.05) is 29.4 Å². The van der Waals surface area contributed by atoms with Crippen molar-refractivity contribution in [3.63, 3.8) is 0 Å². The molecule has 0 unspecified atom stereocenters. The van der Waals surface area contributed by atoms with Crippen molar-refractivity contribution in [1.82, 2.24) is 9.88 Å². The monoisotopic (exact) mass is 329 g/mol. The molecular formula is C19H27N3O2. The molecule has 1 N–H and O–H groups in total. The molecule has 3 fully saturated rings. The van der Waals surface area contributed by atoms with Gasteiger partial charge in [-0.3, -0.25) is 9.78 Å². The van der Waals surface area contributed by atoms with Gasteiger partial charge >= 0.3 is 0 Å². The van der Waals surface area contributed by atoms with Gasteiger partial charge < -0.3 is 14.9 Å². The van der Waals surface area contributed by atoms with Crippen LogP contribution in [0.3, 0.4) is 0 Å². The number of aliphatic hydroxyl groups is 1. The van der Waals surface area contributed by atoms with E-state index >= 15 is 0 Å². The zero-order chi connectivity index (χ0) is 16.6. The van der Waals surface area contributed by atoms with E-state index in [0.717, 1.165) is 31.6 Å². The lowest BCUT2D eigenvalue weighted by molar-refractivity contribution is -0.142. The van der Waals surface area contributed by atoms with E-state index in [9.17, 15) is 9.90 Å². The Hall–Kier alpha value is -1.62. The Morgan fingerprint density at radius 1 is 1.21 bits per heavy atom. The third-order valence-corrected chi connectivity index (χ3v) is 6.34. The zero-order valence-electron chi connectivity index (χ0n) is 14.2. The Labute approximate surface area is 143 Å². The smallest absolute Gasteiger partial charge is 0.222 e. The second-order valence-corrected chi connectivity index (χ2v) is 7.79. The summed E-state index contributed by atoms with van der Waals surface area (Å²) in [6.07, 6.45) is 9.53. The van der Waals surface area contributed by atoms with Crippen LogP contribution in [0.2, 0.25) is 0 Å². The molecule has 3 aliphatic rings. The van der Waals surface area contributed by atoms with Gasteiger partial charge in [0.2, 0.25) is 5.91 Å². The zero-order valence-corrected chi connectivity index (χ0v) is 14.2. The molecule has 1 amide bonds. The molecule has 5 nitrogen and oxygen atoms in total. The number of rotatable bonds is 3. The SMILES string of the molecule is O=C(CC1CCC1)N1CC[C@@]2(O)CCN(c3ccncc3)C[C@H]2C1. The van der Waals surface area contributed by atoms with E-state index in [4.69, 9.17) is 0 Å². The third kappa shape index (κ3) is 3.02. The number of anilines is 1. The van der Waals surface area contributed by atoms with Crippen LogP contribution < -0.4 is 4.90 Å². The summed E-state index contributed by atoms with van der Waals surface area (Å²) >= 11 is 0. The maximum Gasteiger partial charge on any atom is 0.222 e. The van der Waals surface area contributed by atoms with E-state index in [0.29, 0.717) is 31.3 Å². The highest BCUT2D eigenvalue weighted by molar-refractivity contribution is 5.76. The molecule has 2 atom stereocenters. The summed E-state index contributed by atoms with van der Waals surface area (Å²) in [6.45, 7) is 3.10. The number of fused-ring (bicyclic) bond motifs is 1. The van der Waals surface area contributed by atoms with Crippen LogP contribution in [0.5, 0.6) is 0 Å². The van der Waals surface area contributed by atoms with Gasteiger partial charge in [0.25, 0.3) is 0 Å². The first-order valence-electron chi connectivity index (χ1n) is 9.29. The largest absolute Gasteiger partial charge is 0.389 e. The highest BCUT2D eigenvalue weighted by Crippen LogP contribution is 2.38. The molecule has 3 heterocycles. The van der Waals surface area contributed by atoms with Crippen LogP contribution in [0.25, 0.3) is 0 Å². The topological polar surface area (TPSA) is 56.7 Å². The fourth-order valence-corrected chi connectivity index (χ4v) is 4.39. The molecule has 0 spiro atoms. The predicted molar refractivity (Wildman–Crippen MR) is 92.7 cm³/mol. The van der Waals surface area contributed by atoms with Crippen molar-refractivity contribution in [3.8, 4) is 0 Å². The molecule has 1 aromatic rings. The Morgan fingerprint density at radius 3 is 2.67 bits per heavy atom. The number of hydrogen-bond acceptors (Lipinski definition) is 4. The fourth-order valence-electron chi connectivity index (χ4n) is 4.39. The van der Waals surface area contributed by atoms with Gasteiger partial charge in [0.15, 0.2) is 0 Å². The average Bonchev–Trinajstić information content (AvgIpc) is 2.57. The number of piperidine rings is 2. The Bertz CT molecular complexity index is 590. The first-order valence-corrected chi connectivity index (χ1v) is 9.29. The number of pyridine rings is 1. The van der Waals surface area contributed by atoms with Crippen LogP contribution in [-0.2, 0) is 4.79 Å². The Kier molecular flexibility index (Phi) is 4.21. The summed E-state index contributed by atoms with van der Waals surface area (Å²) in [5.41, 5.74) is 0.557. The number of hydrogen-bond donors (Lipinski definition) is 1. The molecule has 0 aromatic carbocycles. The summed E-state index contributed by atoms with van der Waals surface area (Å²) in [6, 6.07) is 4.04. The Morgan fingerprint density at radius 2 is 1.96 bits per heavy atom. The molecule has 2 aliphatic heterocycles. The van der Waals surface area contributed by atoms with E-state index < -0.39 is 5.60 Å². The van der Waals surface area contributed by atoms with E-state index in [-0.39, 0.29) is 5.92 Å². The van der Waals surface area contributed by atoms with E-state index in [1.165, 1.54) is 19.3 Å². The maximum absolute atomic E-state index is 12.6. The van der Waals surface area contributed by atoms with Gasteiger partial charge in [-0.1, -0.05) is 6.42 Å². The van der Waals surface area contributed by atoms with Crippen molar-refractivity contribution in [2.75, 3.05) is 31.1 Å². The quantitative estimate of drug-likeness (QED) is 0.922. The van der Waals surface area contributed by atoms with Gasteiger partial charge in [-0.2, -0.15) is 0 Å². The molecule has 0 radical (unpaired) electrons. The van der Waals surface area contributed by atoms with Crippen LogP contribution in [0.4, 0.5) is 5.69 Å². The minimum absolute atomic E-state index is 0.138. The van der Waals surface area contributed by atoms with Crippen LogP contribution in [0, 0.1) is 11.8 Å². The molecule has 130 valence electrons. The summed E-state index contributed by atoms with van der Waals surface area (Å²) in [7, 11) is 0. The minimum atomic E-state index is -0.600. The van der Waals surface area contributed by atoms with Gasteiger partial charge in [-0.15, -0.1) is 0 Å². The standard InChI is InChI=1S/C19H27N3O2/c23-18(12-15-2-1-3-15)22-11-7-19(24)6-10-21(13-16(19)14-22)17-4-8-20-9-5-17/h4-5,8-9,15-16,24H,1-3,6-7,10-14H2/t16-,19-/m0/s1. The second-order valence-electron chi connectivity index (χ2n) is 7.79. The van der Waals surface area contributed by atoms with Gasteiger partial charge in [-0.25, -0.2) is 0 Å². The summed E-state index contributed by atoms with van der Waals surface area (Å²) in [5, 5.41) is 11.0. The molecule has 1 saturated carbocycles. The maximum atomic E-state index is 12.6. The Balaban J connectivity index is 1.42. The van der Waals surface area contributed by atoms with Crippen LogP contribution >= 0.6 is 0 Å². The number of amides is 1. The summed E-state index contributed by atoms with van der Waals surface area (Å²) in [4.78, 5) is 21.0. The van der Waals surface area contributed by atoms with Crippen molar-refractivity contribution < 1.29 is 9.90 Å². The first kappa shape index (κ1) is 15.9. The van der Waals surface area contributed by atoms with Crippen LogP contribution in [-0.4, -0.2) is 52.7 Å². The van der Waals surface area contributed by atoms with Crippen molar-refractivity contribution in [3.05, 3.63) is 24.5 Å². The molecular weight excluding hydrogens is 302 g/mol. The van der Waals surface area contributed by atoms with Gasteiger partial charge in [0.1, 0.15) is 0 Å². The van der Waals surface area contributed by atoms with Crippen LogP contribution in [0.1, 0.15) is 38.5 Å². The summed E-state index contributed by atoms with van der Waals surface area (Å²) in [5.74, 6) is 1.04. The lowest BCUT2D eigenvalue weighted by Gasteiger charge is -2.51. The highest BCUT2D eigenvalue weighted by atomic mass is 16.3. The normalized spacial score (nSPS) is 30.6. The molecule has 4 rings (SSSR count). The van der Waals surface area contributed by atoms with E-state index in [2.05, 4.69) is 9.88 Å². The molecule has 24 heavy (non-hydrogen) atoms. The predicted octanol–water partition coefficient (Wildman–Crippen LogP) is 2.06. The van der Waals surface area contributed by atoms with Gasteiger partial charge in [-0.05, 0) is 43.7 Å². The second kappa shape index (κ2) is 6.36. The molecule has 0 bridgehead atoms. The molecule has 1 aliphatic carbocycles. The van der Waals surface area contributed by atoms with Gasteiger partial charge in [0, 0.05) is 56.6 Å². The van der Waals surface area contributed by atoms with Gasteiger partial charge in [0.05, 0.1) is 5.60 Å². The number of carbonyl (C=O) groups is 1. The molecule has 2 saturated heterocycles. The number of carbonyl (C=O) groups excluding carboxylic acids is 1. The minimum Gasteiger partial charge on any atom is -0.389 e. The average molecular weight is 329 g/mol. The number of likely N-dealkylation sites (tertiary alicyclic amines) is 1. The van der Waals surface area contributed by atoms with Crippen molar-refractivity contribution in [2.45, 2.75) is 44.1 Å². The van der Waals surface area contributed by atoms with E-state index in [1.54, 1.807) is 0 Å². The lowest BCUT2D eigenvalue weighted by atomic mass is 9.75. The highest BCUT2D eigenvalue weighted by Gasteiger charge is 2.46. The molecule has 5 heteroatoms. The summed E-state index contributed by atoms with van der Waals surface area (Å²) < 4.78 is 0.